The second-order valence-electron chi connectivity index (χ2n) is 4.24. The van der Waals surface area contributed by atoms with E-state index in [-0.39, 0.29) is 10.6 Å². The molecular weight excluding hydrogens is 347 g/mol. The Morgan fingerprint density at radius 1 is 1.40 bits per heavy atom. The molecule has 0 aliphatic carbocycles. The summed E-state index contributed by atoms with van der Waals surface area (Å²) in [6.07, 6.45) is 0. The van der Waals surface area contributed by atoms with Crippen molar-refractivity contribution in [3.8, 4) is 0 Å². The molecule has 0 spiro atoms. The number of nitrogens with two attached hydrogens (primary N) is 1. The Hall–Kier alpha value is -1.59. The van der Waals surface area contributed by atoms with E-state index in [1.54, 1.807) is 31.2 Å². The number of nitrogens with one attached hydrogen (secondary N) is 1. The fourth-order valence-corrected chi connectivity index (χ4v) is 2.37. The molecule has 0 fully saturated rings. The van der Waals surface area contributed by atoms with Crippen molar-refractivity contribution in [1.29, 1.82) is 0 Å². The highest BCUT2D eigenvalue weighted by Crippen LogP contribution is 2.27. The molecule has 2 aromatic rings. The van der Waals surface area contributed by atoms with Crippen LogP contribution in [0.4, 0.5) is 15.8 Å². The number of benzene rings is 2. The van der Waals surface area contributed by atoms with E-state index in [0.29, 0.717) is 15.8 Å². The van der Waals surface area contributed by atoms with E-state index in [9.17, 15) is 9.18 Å². The summed E-state index contributed by atoms with van der Waals surface area (Å²) in [5.41, 5.74) is 7.32. The minimum Gasteiger partial charge on any atom is -0.398 e. The van der Waals surface area contributed by atoms with Crippen LogP contribution in [0.2, 0.25) is 5.02 Å². The summed E-state index contributed by atoms with van der Waals surface area (Å²) in [4.78, 5) is 12.2. The number of anilines is 2. The summed E-state index contributed by atoms with van der Waals surface area (Å²) in [5, 5.41) is 2.80. The number of carbonyl (C=O) groups is 1. The van der Waals surface area contributed by atoms with Crippen LogP contribution in [0.1, 0.15) is 15.9 Å². The number of amides is 1. The van der Waals surface area contributed by atoms with Crippen molar-refractivity contribution in [2.75, 3.05) is 11.1 Å². The van der Waals surface area contributed by atoms with Gasteiger partial charge in [0.05, 0.1) is 20.7 Å². The summed E-state index contributed by atoms with van der Waals surface area (Å²) in [6.45, 7) is 1.76. The maximum Gasteiger partial charge on any atom is 0.257 e. The van der Waals surface area contributed by atoms with Crippen LogP contribution in [0, 0.1) is 12.7 Å². The number of halogens is 3. The van der Waals surface area contributed by atoms with Gasteiger partial charge in [0.25, 0.3) is 5.91 Å². The molecule has 0 saturated carbocycles. The smallest absolute Gasteiger partial charge is 0.257 e. The van der Waals surface area contributed by atoms with Crippen LogP contribution < -0.4 is 11.1 Å². The molecule has 0 atom stereocenters. The standard InChI is InChI=1S/C14H11BrClFN2O/c1-7-5-9(15)10(17)6-12(7)19-14(20)8-3-2-4-11(18)13(8)16/h2-6H,18H2,1H3,(H,19,20). The van der Waals surface area contributed by atoms with Crippen LogP contribution in [-0.4, -0.2) is 5.91 Å². The van der Waals surface area contributed by atoms with Gasteiger partial charge < -0.3 is 11.1 Å². The lowest BCUT2D eigenvalue weighted by Gasteiger charge is -2.11. The van der Waals surface area contributed by atoms with Gasteiger partial charge >= 0.3 is 0 Å². The van der Waals surface area contributed by atoms with Crippen molar-refractivity contribution in [1.82, 2.24) is 0 Å². The number of carbonyl (C=O) groups excluding carboxylic acids is 1. The molecule has 6 heteroatoms. The Morgan fingerprint density at radius 2 is 2.10 bits per heavy atom. The Balaban J connectivity index is 2.33. The van der Waals surface area contributed by atoms with Gasteiger partial charge in [-0.1, -0.05) is 17.7 Å². The largest absolute Gasteiger partial charge is 0.398 e. The Labute approximate surface area is 129 Å². The monoisotopic (exact) mass is 356 g/mol. The second kappa shape index (κ2) is 5.81. The SMILES string of the molecule is Cc1cc(Br)c(F)cc1NC(=O)c1cccc(N)c1Cl. The number of hydrogen-bond donors (Lipinski definition) is 2. The van der Waals surface area contributed by atoms with Crippen LogP contribution in [0.5, 0.6) is 0 Å². The topological polar surface area (TPSA) is 55.1 Å². The van der Waals surface area contributed by atoms with Gasteiger partial charge in [-0.2, -0.15) is 0 Å². The number of aryl methyl sites for hydroxylation is 1. The maximum atomic E-state index is 13.5. The third-order valence-electron chi connectivity index (χ3n) is 2.79. The lowest BCUT2D eigenvalue weighted by atomic mass is 10.1. The highest BCUT2D eigenvalue weighted by molar-refractivity contribution is 9.10. The van der Waals surface area contributed by atoms with Gasteiger partial charge in [0.2, 0.25) is 0 Å². The van der Waals surface area contributed by atoms with Crippen molar-refractivity contribution in [3.63, 3.8) is 0 Å². The molecule has 0 aliphatic heterocycles. The third kappa shape index (κ3) is 2.94. The molecule has 0 aromatic heterocycles. The van der Waals surface area contributed by atoms with Gasteiger partial charge in [0, 0.05) is 5.69 Å². The van der Waals surface area contributed by atoms with Crippen molar-refractivity contribution < 1.29 is 9.18 Å². The molecule has 1 amide bonds. The van der Waals surface area contributed by atoms with Crippen molar-refractivity contribution in [2.45, 2.75) is 6.92 Å². The zero-order valence-corrected chi connectivity index (χ0v) is 12.8. The first-order chi connectivity index (χ1) is 9.40. The summed E-state index contributed by atoms with van der Waals surface area (Å²) in [5.74, 6) is -0.892. The number of nitrogen functional groups attached to an aromatic ring is 1. The van der Waals surface area contributed by atoms with E-state index in [4.69, 9.17) is 17.3 Å². The van der Waals surface area contributed by atoms with E-state index in [1.807, 2.05) is 0 Å². The normalized spacial score (nSPS) is 10.4. The molecule has 3 nitrogen and oxygen atoms in total. The van der Waals surface area contributed by atoms with Gasteiger partial charge in [-0.25, -0.2) is 4.39 Å². The average Bonchev–Trinajstić information content (AvgIpc) is 2.39. The number of hydrogen-bond acceptors (Lipinski definition) is 2. The minimum atomic E-state index is -0.454. The molecule has 2 rings (SSSR count). The Bertz CT molecular complexity index is 691. The zero-order valence-electron chi connectivity index (χ0n) is 10.5. The molecule has 0 bridgehead atoms. The van der Waals surface area contributed by atoms with Crippen molar-refractivity contribution in [3.05, 3.63) is 56.8 Å². The van der Waals surface area contributed by atoms with Crippen LogP contribution in [0.3, 0.4) is 0 Å². The zero-order chi connectivity index (χ0) is 14.9. The Morgan fingerprint density at radius 3 is 2.80 bits per heavy atom. The molecule has 0 unspecified atom stereocenters. The summed E-state index contributed by atoms with van der Waals surface area (Å²) < 4.78 is 13.9. The summed E-state index contributed by atoms with van der Waals surface area (Å²) in [7, 11) is 0. The predicted molar refractivity (Wildman–Crippen MR) is 82.7 cm³/mol. The van der Waals surface area contributed by atoms with Gasteiger partial charge in [0.1, 0.15) is 5.82 Å². The third-order valence-corrected chi connectivity index (χ3v) is 3.82. The first kappa shape index (κ1) is 14.8. The van der Waals surface area contributed by atoms with E-state index in [2.05, 4.69) is 21.2 Å². The summed E-state index contributed by atoms with van der Waals surface area (Å²) >= 11 is 9.07. The molecule has 3 N–H and O–H groups in total. The van der Waals surface area contributed by atoms with E-state index in [0.717, 1.165) is 5.56 Å². The molecule has 0 aliphatic rings. The first-order valence-electron chi connectivity index (χ1n) is 5.71. The molecular formula is C14H11BrClFN2O. The lowest BCUT2D eigenvalue weighted by molar-refractivity contribution is 0.102. The Kier molecular flexibility index (Phi) is 4.30. The first-order valence-corrected chi connectivity index (χ1v) is 6.88. The molecule has 2 aromatic carbocycles. The quantitative estimate of drug-likeness (QED) is 0.783. The molecule has 0 heterocycles. The van der Waals surface area contributed by atoms with Crippen LogP contribution in [-0.2, 0) is 0 Å². The highest BCUT2D eigenvalue weighted by Gasteiger charge is 2.14. The van der Waals surface area contributed by atoms with Crippen LogP contribution in [0.15, 0.2) is 34.8 Å². The fraction of sp³-hybridized carbons (Fsp3) is 0.0714. The highest BCUT2D eigenvalue weighted by atomic mass is 79.9. The second-order valence-corrected chi connectivity index (χ2v) is 5.48. The lowest BCUT2D eigenvalue weighted by Crippen LogP contribution is -2.14. The molecule has 20 heavy (non-hydrogen) atoms. The van der Waals surface area contributed by atoms with Gasteiger partial charge in [-0.15, -0.1) is 0 Å². The van der Waals surface area contributed by atoms with E-state index in [1.165, 1.54) is 6.07 Å². The van der Waals surface area contributed by atoms with Crippen LogP contribution >= 0.6 is 27.5 Å². The maximum absolute atomic E-state index is 13.5. The van der Waals surface area contributed by atoms with Gasteiger partial charge in [-0.3, -0.25) is 4.79 Å². The molecule has 0 saturated heterocycles. The fourth-order valence-electron chi connectivity index (χ4n) is 1.70. The van der Waals surface area contributed by atoms with Crippen molar-refractivity contribution >= 4 is 44.8 Å². The average molecular weight is 358 g/mol. The van der Waals surface area contributed by atoms with Crippen LogP contribution in [0.25, 0.3) is 0 Å². The van der Waals surface area contributed by atoms with E-state index < -0.39 is 11.7 Å². The predicted octanol–water partition coefficient (Wildman–Crippen LogP) is 4.38. The number of rotatable bonds is 2. The summed E-state index contributed by atoms with van der Waals surface area (Å²) in [6, 6.07) is 7.62. The minimum absolute atomic E-state index is 0.181. The van der Waals surface area contributed by atoms with E-state index >= 15 is 0 Å². The molecule has 0 radical (unpaired) electrons. The molecule has 104 valence electrons. The van der Waals surface area contributed by atoms with Gasteiger partial charge in [0.15, 0.2) is 0 Å². The van der Waals surface area contributed by atoms with Crippen molar-refractivity contribution in [2.24, 2.45) is 0 Å². The van der Waals surface area contributed by atoms with Gasteiger partial charge in [-0.05, 0) is 52.7 Å².